The van der Waals surface area contributed by atoms with Crippen molar-refractivity contribution in [3.05, 3.63) is 23.4 Å². The van der Waals surface area contributed by atoms with E-state index in [-0.39, 0.29) is 22.3 Å². The van der Waals surface area contributed by atoms with Crippen LogP contribution in [0.3, 0.4) is 0 Å². The SMILES string of the molecule is C[C@@H]1COCCN1c1cc(N=S(C)(=O)C2COC2)nc(-c2cc(N)nc(Cl)c2)n1. The molecule has 1 unspecified atom stereocenters. The third-order valence-electron chi connectivity index (χ3n) is 4.93. The number of nitrogens with two attached hydrogens (primary N) is 1. The lowest BCUT2D eigenvalue weighted by atomic mass is 10.2. The second-order valence-electron chi connectivity index (χ2n) is 7.24. The molecule has 2 atom stereocenters. The van der Waals surface area contributed by atoms with Crippen molar-refractivity contribution < 1.29 is 13.7 Å². The molecule has 0 aliphatic carbocycles. The highest BCUT2D eigenvalue weighted by Crippen LogP contribution is 2.29. The molecule has 2 aliphatic heterocycles. The van der Waals surface area contributed by atoms with Crippen molar-refractivity contribution in [1.82, 2.24) is 15.0 Å². The van der Waals surface area contributed by atoms with Crippen LogP contribution in [0.2, 0.25) is 5.15 Å². The van der Waals surface area contributed by atoms with Gasteiger partial charge in [0.2, 0.25) is 0 Å². The molecule has 29 heavy (non-hydrogen) atoms. The number of pyridine rings is 1. The minimum Gasteiger partial charge on any atom is -0.384 e. The molecule has 11 heteroatoms. The molecule has 0 radical (unpaired) electrons. The van der Waals surface area contributed by atoms with E-state index >= 15 is 0 Å². The maximum absolute atomic E-state index is 13.1. The smallest absolute Gasteiger partial charge is 0.167 e. The Morgan fingerprint density at radius 2 is 2.00 bits per heavy atom. The summed E-state index contributed by atoms with van der Waals surface area (Å²) in [4.78, 5) is 15.4. The molecular formula is C18H23ClN6O3S. The maximum atomic E-state index is 13.1. The van der Waals surface area contributed by atoms with E-state index in [1.54, 1.807) is 24.5 Å². The highest BCUT2D eigenvalue weighted by molar-refractivity contribution is 7.93. The number of morpholine rings is 1. The Hall–Kier alpha value is -2.01. The first-order valence-electron chi connectivity index (χ1n) is 9.27. The Bertz CT molecular complexity index is 1020. The van der Waals surface area contributed by atoms with Crippen LogP contribution in [0.25, 0.3) is 11.4 Å². The first-order valence-corrected chi connectivity index (χ1v) is 11.6. The zero-order valence-corrected chi connectivity index (χ0v) is 17.8. The Balaban J connectivity index is 1.83. The van der Waals surface area contributed by atoms with Gasteiger partial charge in [0.1, 0.15) is 16.8 Å². The van der Waals surface area contributed by atoms with E-state index < -0.39 is 9.73 Å². The van der Waals surface area contributed by atoms with Crippen LogP contribution in [0, 0.1) is 0 Å². The summed E-state index contributed by atoms with van der Waals surface area (Å²) in [6.45, 7) is 4.85. The van der Waals surface area contributed by atoms with Crippen LogP contribution in [0.15, 0.2) is 22.6 Å². The maximum Gasteiger partial charge on any atom is 0.167 e. The molecule has 156 valence electrons. The quantitative estimate of drug-likeness (QED) is 0.721. The predicted octanol–water partition coefficient (Wildman–Crippen LogP) is 2.13. The summed E-state index contributed by atoms with van der Waals surface area (Å²) in [7, 11) is -2.50. The fourth-order valence-corrected chi connectivity index (χ4v) is 4.71. The Kier molecular flexibility index (Phi) is 5.60. The van der Waals surface area contributed by atoms with Gasteiger partial charge in [-0.1, -0.05) is 11.6 Å². The number of ether oxygens (including phenoxy) is 2. The fraction of sp³-hybridized carbons (Fsp3) is 0.500. The molecule has 2 N–H and O–H groups in total. The van der Waals surface area contributed by atoms with E-state index in [4.69, 9.17) is 31.8 Å². The number of hydrogen-bond donors (Lipinski definition) is 1. The van der Waals surface area contributed by atoms with Gasteiger partial charge in [0.15, 0.2) is 11.6 Å². The second kappa shape index (κ2) is 8.02. The minimum absolute atomic E-state index is 0.0994. The average Bonchev–Trinajstić information content (AvgIpc) is 2.58. The van der Waals surface area contributed by atoms with E-state index in [9.17, 15) is 4.21 Å². The fourth-order valence-electron chi connectivity index (χ4n) is 3.19. The van der Waals surface area contributed by atoms with E-state index in [0.29, 0.717) is 56.0 Å². The lowest BCUT2D eigenvalue weighted by molar-refractivity contribution is 0.0431. The molecule has 0 amide bonds. The highest BCUT2D eigenvalue weighted by Gasteiger charge is 2.28. The molecule has 4 rings (SSSR count). The highest BCUT2D eigenvalue weighted by atomic mass is 35.5. The van der Waals surface area contributed by atoms with Crippen molar-refractivity contribution in [2.24, 2.45) is 4.36 Å². The zero-order chi connectivity index (χ0) is 20.6. The summed E-state index contributed by atoms with van der Waals surface area (Å²) in [5.41, 5.74) is 6.47. The summed E-state index contributed by atoms with van der Waals surface area (Å²) in [6, 6.07) is 5.20. The molecule has 4 heterocycles. The van der Waals surface area contributed by atoms with Gasteiger partial charge in [0.05, 0.1) is 47.4 Å². The number of rotatable bonds is 4. The lowest BCUT2D eigenvalue weighted by Crippen LogP contribution is -2.44. The number of nitrogens with zero attached hydrogens (tertiary/aromatic N) is 5. The number of aromatic nitrogens is 3. The van der Waals surface area contributed by atoms with Gasteiger partial charge in [-0.2, -0.15) is 4.36 Å². The van der Waals surface area contributed by atoms with Gasteiger partial charge in [0, 0.05) is 24.4 Å². The van der Waals surface area contributed by atoms with Crippen LogP contribution in [-0.4, -0.2) is 69.7 Å². The van der Waals surface area contributed by atoms with Crippen molar-refractivity contribution in [2.45, 2.75) is 18.2 Å². The van der Waals surface area contributed by atoms with E-state index in [0.717, 1.165) is 0 Å². The number of nitrogen functional groups attached to an aromatic ring is 1. The van der Waals surface area contributed by atoms with Crippen molar-refractivity contribution >= 4 is 38.8 Å². The summed E-state index contributed by atoms with van der Waals surface area (Å²) >= 11 is 6.07. The second-order valence-corrected chi connectivity index (χ2v) is 10.2. The summed E-state index contributed by atoms with van der Waals surface area (Å²) < 4.78 is 28.3. The van der Waals surface area contributed by atoms with Crippen LogP contribution in [0.5, 0.6) is 0 Å². The van der Waals surface area contributed by atoms with Gasteiger partial charge >= 0.3 is 0 Å². The van der Waals surface area contributed by atoms with Crippen LogP contribution < -0.4 is 10.6 Å². The Morgan fingerprint density at radius 1 is 1.21 bits per heavy atom. The molecule has 0 bridgehead atoms. The van der Waals surface area contributed by atoms with Crippen LogP contribution in [0.4, 0.5) is 17.5 Å². The third kappa shape index (κ3) is 4.45. The summed E-state index contributed by atoms with van der Waals surface area (Å²) in [5.74, 6) is 1.72. The standard InChI is InChI=1S/C18H23ClN6O3S/c1-11-8-27-4-3-25(11)17-7-16(24-29(2,26)13-9-28-10-13)22-18(23-17)12-5-14(19)21-15(20)6-12/h5-7,11,13H,3-4,8-10H2,1-2H3,(H2,20,21)/t11-,29?/m1/s1. The van der Waals surface area contributed by atoms with Gasteiger partial charge in [-0.15, -0.1) is 0 Å². The molecular weight excluding hydrogens is 416 g/mol. The van der Waals surface area contributed by atoms with Crippen molar-refractivity contribution in [2.75, 3.05) is 49.9 Å². The molecule has 2 fully saturated rings. The van der Waals surface area contributed by atoms with Crippen molar-refractivity contribution in [1.29, 1.82) is 0 Å². The van der Waals surface area contributed by atoms with E-state index in [1.165, 1.54) is 0 Å². The number of anilines is 2. The van der Waals surface area contributed by atoms with Crippen LogP contribution in [0.1, 0.15) is 6.92 Å². The molecule has 0 aromatic carbocycles. The monoisotopic (exact) mass is 438 g/mol. The molecule has 2 saturated heterocycles. The first kappa shape index (κ1) is 20.3. The zero-order valence-electron chi connectivity index (χ0n) is 16.2. The largest absolute Gasteiger partial charge is 0.384 e. The summed E-state index contributed by atoms with van der Waals surface area (Å²) in [5, 5.41) is 0.149. The van der Waals surface area contributed by atoms with E-state index in [2.05, 4.69) is 26.2 Å². The minimum atomic E-state index is -2.50. The van der Waals surface area contributed by atoms with Gasteiger partial charge < -0.3 is 20.1 Å². The van der Waals surface area contributed by atoms with Gasteiger partial charge in [0.25, 0.3) is 0 Å². The van der Waals surface area contributed by atoms with Crippen molar-refractivity contribution in [3.63, 3.8) is 0 Å². The van der Waals surface area contributed by atoms with Gasteiger partial charge in [-0.25, -0.2) is 19.2 Å². The molecule has 0 saturated carbocycles. The average molecular weight is 439 g/mol. The van der Waals surface area contributed by atoms with E-state index in [1.807, 2.05) is 0 Å². The van der Waals surface area contributed by atoms with Crippen molar-refractivity contribution in [3.8, 4) is 11.4 Å². The molecule has 2 aliphatic rings. The Morgan fingerprint density at radius 3 is 2.66 bits per heavy atom. The number of halogens is 1. The van der Waals surface area contributed by atoms with Gasteiger partial charge in [-0.05, 0) is 19.1 Å². The van der Waals surface area contributed by atoms with Crippen LogP contribution in [-0.2, 0) is 19.2 Å². The number of hydrogen-bond acceptors (Lipinski definition) is 9. The molecule has 0 spiro atoms. The Labute approximate surface area is 174 Å². The molecule has 2 aromatic heterocycles. The molecule has 2 aromatic rings. The predicted molar refractivity (Wildman–Crippen MR) is 113 cm³/mol. The lowest BCUT2D eigenvalue weighted by Gasteiger charge is -2.34. The first-order chi connectivity index (χ1) is 13.8. The van der Waals surface area contributed by atoms with Crippen LogP contribution >= 0.6 is 11.6 Å². The normalized spacial score (nSPS) is 22.0. The topological polar surface area (TPSA) is 116 Å². The summed E-state index contributed by atoms with van der Waals surface area (Å²) in [6.07, 6.45) is 1.64. The van der Waals surface area contributed by atoms with Gasteiger partial charge in [-0.3, -0.25) is 0 Å². The third-order valence-corrected chi connectivity index (χ3v) is 7.19. The molecule has 9 nitrogen and oxygen atoms in total.